The zero-order valence-corrected chi connectivity index (χ0v) is 25.4. The molecule has 46 heavy (non-hydrogen) atoms. The summed E-state index contributed by atoms with van der Waals surface area (Å²) < 4.78 is 10.9. The fourth-order valence-corrected chi connectivity index (χ4v) is 7.92. The average Bonchev–Trinajstić information content (AvgIpc) is 3.79. The van der Waals surface area contributed by atoms with E-state index in [4.69, 9.17) is 9.52 Å². The topological polar surface area (TPSA) is 33.7 Å². The van der Waals surface area contributed by atoms with E-state index in [1.165, 1.54) is 25.6 Å². The zero-order valence-electron chi connectivity index (χ0n) is 24.6. The third-order valence-corrected chi connectivity index (χ3v) is 10.1. The summed E-state index contributed by atoms with van der Waals surface area (Å²) in [6, 6.07) is 51.6. The number of nitrogens with zero attached hydrogens (tertiary/aromatic N) is 3. The van der Waals surface area contributed by atoms with Crippen molar-refractivity contribution in [2.45, 2.75) is 0 Å². The lowest BCUT2D eigenvalue weighted by Gasteiger charge is -2.26. The third kappa shape index (κ3) is 3.82. The molecule has 0 bridgehead atoms. The molecule has 216 valence electrons. The van der Waals surface area contributed by atoms with E-state index in [1.54, 1.807) is 0 Å². The van der Waals surface area contributed by atoms with Crippen molar-refractivity contribution in [2.24, 2.45) is 0 Å². The Labute approximate surface area is 268 Å². The van der Waals surface area contributed by atoms with Crippen molar-refractivity contribution in [3.63, 3.8) is 0 Å². The molecule has 0 aliphatic rings. The molecule has 0 spiro atoms. The minimum atomic E-state index is 0.873. The number of benzene rings is 6. The Hall–Kier alpha value is -5.91. The van der Waals surface area contributed by atoms with Gasteiger partial charge in [-0.3, -0.25) is 0 Å². The summed E-state index contributed by atoms with van der Waals surface area (Å²) in [6.07, 6.45) is 2.14. The van der Waals surface area contributed by atoms with Gasteiger partial charge in [-0.2, -0.15) is 5.10 Å². The number of fused-ring (bicyclic) bond motifs is 8. The molecular weight excluding hydrogens is 583 g/mol. The molecule has 0 aliphatic heterocycles. The van der Waals surface area contributed by atoms with E-state index in [0.29, 0.717) is 0 Å². The van der Waals surface area contributed by atoms with Crippen LogP contribution < -0.4 is 4.90 Å². The van der Waals surface area contributed by atoms with Gasteiger partial charge in [0.15, 0.2) is 0 Å². The molecule has 0 unspecified atom stereocenters. The molecule has 0 N–H and O–H groups in total. The fraction of sp³-hybridized carbons (Fsp3) is 0. The molecule has 0 amide bonds. The number of thiophene rings is 1. The van der Waals surface area contributed by atoms with E-state index in [0.717, 1.165) is 61.2 Å². The molecule has 0 atom stereocenters. The number of rotatable bonds is 4. The Morgan fingerprint density at radius 2 is 1.22 bits per heavy atom. The van der Waals surface area contributed by atoms with Crippen LogP contribution >= 0.6 is 11.3 Å². The lowest BCUT2D eigenvalue weighted by atomic mass is 10.1. The van der Waals surface area contributed by atoms with Crippen molar-refractivity contribution >= 4 is 86.8 Å². The van der Waals surface area contributed by atoms with Gasteiger partial charge < -0.3 is 9.32 Å². The highest BCUT2D eigenvalue weighted by molar-refractivity contribution is 7.25. The second-order valence-corrected chi connectivity index (χ2v) is 12.8. The molecule has 10 aromatic rings. The van der Waals surface area contributed by atoms with E-state index < -0.39 is 0 Å². The molecule has 5 heteroatoms. The van der Waals surface area contributed by atoms with Crippen LogP contribution in [0.5, 0.6) is 0 Å². The van der Waals surface area contributed by atoms with Gasteiger partial charge in [0.2, 0.25) is 0 Å². The van der Waals surface area contributed by atoms with Gasteiger partial charge in [-0.25, -0.2) is 4.52 Å². The van der Waals surface area contributed by atoms with Gasteiger partial charge in [-0.05, 0) is 60.0 Å². The van der Waals surface area contributed by atoms with Crippen molar-refractivity contribution < 1.29 is 4.42 Å². The van der Waals surface area contributed by atoms with Gasteiger partial charge >= 0.3 is 0 Å². The standard InChI is InChI=1S/C41H25N3OS/c1-2-10-26(11-3-1)40-41(35-22-27-12-4-5-13-28(27)25-43(35)42-40)44(29-18-20-37-33(23-29)31-14-6-8-16-36(31)45-37)30-19-21-39-34(24-30)32-15-7-9-17-38(32)46-39/h1-25H. The molecule has 4 aromatic heterocycles. The molecule has 0 saturated carbocycles. The number of furan rings is 1. The van der Waals surface area contributed by atoms with Gasteiger partial charge in [0, 0.05) is 59.5 Å². The summed E-state index contributed by atoms with van der Waals surface area (Å²) in [5.74, 6) is 0. The summed E-state index contributed by atoms with van der Waals surface area (Å²) >= 11 is 1.84. The van der Waals surface area contributed by atoms with E-state index in [9.17, 15) is 0 Å². The van der Waals surface area contributed by atoms with Crippen LogP contribution in [-0.4, -0.2) is 9.61 Å². The normalized spacial score (nSPS) is 11.9. The van der Waals surface area contributed by atoms with Crippen LogP contribution in [0.1, 0.15) is 0 Å². The summed E-state index contributed by atoms with van der Waals surface area (Å²) in [5.41, 5.74) is 7.92. The maximum atomic E-state index is 6.26. The SMILES string of the molecule is c1ccc(-c2nn3cc4ccccc4cc3c2N(c2ccc3oc4ccccc4c3c2)c2ccc3sc4ccccc4c3c2)cc1. The molecule has 6 aromatic carbocycles. The van der Waals surface area contributed by atoms with Gasteiger partial charge in [0.1, 0.15) is 22.5 Å². The highest BCUT2D eigenvalue weighted by Crippen LogP contribution is 2.47. The molecule has 0 radical (unpaired) electrons. The van der Waals surface area contributed by atoms with Crippen LogP contribution in [0.25, 0.3) is 69.7 Å². The smallest absolute Gasteiger partial charge is 0.135 e. The number of pyridine rings is 1. The highest BCUT2D eigenvalue weighted by atomic mass is 32.1. The van der Waals surface area contributed by atoms with Gasteiger partial charge in [0.05, 0.1) is 5.52 Å². The lowest BCUT2D eigenvalue weighted by molar-refractivity contribution is 0.669. The van der Waals surface area contributed by atoms with Gasteiger partial charge in [-0.15, -0.1) is 11.3 Å². The largest absolute Gasteiger partial charge is 0.456 e. The number of anilines is 3. The number of para-hydroxylation sites is 1. The van der Waals surface area contributed by atoms with E-state index >= 15 is 0 Å². The predicted octanol–water partition coefficient (Wildman–Crippen LogP) is 11.9. The Bertz CT molecular complexity index is 2660. The molecule has 4 nitrogen and oxygen atoms in total. The summed E-state index contributed by atoms with van der Waals surface area (Å²) in [6.45, 7) is 0. The third-order valence-electron chi connectivity index (χ3n) is 8.98. The Morgan fingerprint density at radius 3 is 2.11 bits per heavy atom. The van der Waals surface area contributed by atoms with Crippen molar-refractivity contribution in [3.8, 4) is 11.3 Å². The average molecular weight is 608 g/mol. The van der Waals surface area contributed by atoms with E-state index in [2.05, 4.69) is 145 Å². The summed E-state index contributed by atoms with van der Waals surface area (Å²) in [4.78, 5) is 2.38. The molecule has 0 fully saturated rings. The number of hydrogen-bond acceptors (Lipinski definition) is 4. The monoisotopic (exact) mass is 607 g/mol. The summed E-state index contributed by atoms with van der Waals surface area (Å²) in [7, 11) is 0. The first-order chi connectivity index (χ1) is 22.8. The van der Waals surface area contributed by atoms with Crippen LogP contribution in [0.15, 0.2) is 156 Å². The maximum Gasteiger partial charge on any atom is 0.135 e. The first-order valence-corrected chi connectivity index (χ1v) is 16.2. The number of hydrogen-bond donors (Lipinski definition) is 0. The van der Waals surface area contributed by atoms with Gasteiger partial charge in [-0.1, -0.05) is 91.0 Å². The Morgan fingerprint density at radius 1 is 0.543 bits per heavy atom. The van der Waals surface area contributed by atoms with Crippen molar-refractivity contribution in [2.75, 3.05) is 4.90 Å². The first kappa shape index (κ1) is 25.4. The maximum absolute atomic E-state index is 6.26. The van der Waals surface area contributed by atoms with Crippen molar-refractivity contribution in [1.82, 2.24) is 9.61 Å². The first-order valence-electron chi connectivity index (χ1n) is 15.4. The molecule has 0 saturated heterocycles. The van der Waals surface area contributed by atoms with Crippen LogP contribution in [0, 0.1) is 0 Å². The lowest BCUT2D eigenvalue weighted by Crippen LogP contribution is -2.11. The van der Waals surface area contributed by atoms with Gasteiger partial charge in [0.25, 0.3) is 0 Å². The zero-order chi connectivity index (χ0) is 30.2. The Balaban J connectivity index is 1.33. The second-order valence-electron chi connectivity index (χ2n) is 11.7. The Kier molecular flexibility index (Phi) is 5.41. The molecule has 4 heterocycles. The summed E-state index contributed by atoms with van der Waals surface area (Å²) in [5, 5.41) is 12.3. The quantitative estimate of drug-likeness (QED) is 0.200. The molecule has 10 rings (SSSR count). The minimum absolute atomic E-state index is 0.873. The van der Waals surface area contributed by atoms with Crippen molar-refractivity contribution in [1.29, 1.82) is 0 Å². The molecular formula is C41H25N3OS. The van der Waals surface area contributed by atoms with Crippen LogP contribution in [0.3, 0.4) is 0 Å². The van der Waals surface area contributed by atoms with Crippen LogP contribution in [-0.2, 0) is 0 Å². The number of aromatic nitrogens is 2. The molecule has 0 aliphatic carbocycles. The van der Waals surface area contributed by atoms with Crippen molar-refractivity contribution in [3.05, 3.63) is 152 Å². The van der Waals surface area contributed by atoms with Crippen LogP contribution in [0.4, 0.5) is 17.1 Å². The van der Waals surface area contributed by atoms with Crippen LogP contribution in [0.2, 0.25) is 0 Å². The fourth-order valence-electron chi connectivity index (χ4n) is 6.84. The van der Waals surface area contributed by atoms with E-state index in [1.807, 2.05) is 28.0 Å². The minimum Gasteiger partial charge on any atom is -0.456 e. The second kappa shape index (κ2) is 9.80. The predicted molar refractivity (Wildman–Crippen MR) is 193 cm³/mol. The van der Waals surface area contributed by atoms with E-state index in [-0.39, 0.29) is 0 Å². The highest BCUT2D eigenvalue weighted by Gasteiger charge is 2.25.